The molecule has 0 unspecified atom stereocenters. The first kappa shape index (κ1) is 21.9. The van der Waals surface area contributed by atoms with Crippen LogP contribution in [-0.4, -0.2) is 25.5 Å². The third-order valence-corrected chi connectivity index (χ3v) is 6.36. The van der Waals surface area contributed by atoms with Crippen molar-refractivity contribution in [3.05, 3.63) is 97.2 Å². The zero-order valence-electron chi connectivity index (χ0n) is 17.2. The summed E-state index contributed by atoms with van der Waals surface area (Å²) in [5.74, 6) is -0.338. The highest BCUT2D eigenvalue weighted by Gasteiger charge is 2.35. The summed E-state index contributed by atoms with van der Waals surface area (Å²) in [5, 5.41) is 11.2. The molecule has 2 amide bonds. The van der Waals surface area contributed by atoms with Gasteiger partial charge in [-0.2, -0.15) is 0 Å². The number of amides is 2. The van der Waals surface area contributed by atoms with E-state index in [1.165, 1.54) is 17.0 Å². The van der Waals surface area contributed by atoms with E-state index in [4.69, 9.17) is 11.6 Å². The predicted octanol–water partition coefficient (Wildman–Crippen LogP) is 5.89. The van der Waals surface area contributed by atoms with Crippen LogP contribution in [0.2, 0.25) is 5.02 Å². The van der Waals surface area contributed by atoms with Crippen molar-refractivity contribution in [2.24, 2.45) is 0 Å². The molecule has 1 saturated heterocycles. The zero-order chi connectivity index (χ0) is 23.0. The van der Waals surface area contributed by atoms with Crippen molar-refractivity contribution in [3.63, 3.8) is 0 Å². The lowest BCUT2D eigenvalue weighted by Crippen LogP contribution is -2.27. The minimum atomic E-state index is -0.440. The smallest absolute Gasteiger partial charge is 0.293 e. The summed E-state index contributed by atoms with van der Waals surface area (Å²) in [6.07, 6.45) is 1.72. The van der Waals surface area contributed by atoms with Gasteiger partial charge in [0.25, 0.3) is 16.8 Å². The van der Waals surface area contributed by atoms with Gasteiger partial charge in [-0.25, -0.2) is 0 Å². The molecule has 1 fully saturated rings. The zero-order valence-corrected chi connectivity index (χ0v) is 18.8. The Morgan fingerprint density at radius 1 is 1.06 bits per heavy atom. The van der Waals surface area contributed by atoms with Crippen LogP contribution in [-0.2, 0) is 11.3 Å². The maximum atomic E-state index is 12.9. The van der Waals surface area contributed by atoms with Gasteiger partial charge < -0.3 is 4.57 Å². The van der Waals surface area contributed by atoms with E-state index in [-0.39, 0.29) is 23.4 Å². The Hall–Kier alpha value is -3.36. The monoisotopic (exact) mass is 467 g/mol. The Morgan fingerprint density at radius 2 is 1.72 bits per heavy atom. The normalized spacial score (nSPS) is 15.1. The van der Waals surface area contributed by atoms with E-state index in [1.807, 2.05) is 24.5 Å². The van der Waals surface area contributed by atoms with Gasteiger partial charge in [0.1, 0.15) is 0 Å². The van der Waals surface area contributed by atoms with Gasteiger partial charge in [-0.15, -0.1) is 0 Å². The van der Waals surface area contributed by atoms with Crippen LogP contribution in [0.15, 0.2) is 59.5 Å². The maximum Gasteiger partial charge on any atom is 0.293 e. The first-order valence-corrected chi connectivity index (χ1v) is 10.9. The molecule has 0 spiro atoms. The van der Waals surface area contributed by atoms with Crippen molar-refractivity contribution >= 4 is 46.3 Å². The number of nitro benzene ring substituents is 1. The van der Waals surface area contributed by atoms with E-state index in [2.05, 4.69) is 0 Å². The van der Waals surface area contributed by atoms with Crippen molar-refractivity contribution in [1.82, 2.24) is 9.47 Å². The van der Waals surface area contributed by atoms with Gasteiger partial charge in [-0.1, -0.05) is 23.7 Å². The van der Waals surface area contributed by atoms with Crippen LogP contribution in [0.4, 0.5) is 10.5 Å². The first-order chi connectivity index (χ1) is 15.2. The van der Waals surface area contributed by atoms with Crippen LogP contribution in [0, 0.1) is 24.0 Å². The van der Waals surface area contributed by atoms with Gasteiger partial charge in [0, 0.05) is 34.2 Å². The van der Waals surface area contributed by atoms with E-state index in [0.29, 0.717) is 9.93 Å². The van der Waals surface area contributed by atoms with E-state index in [1.54, 1.807) is 42.5 Å². The van der Waals surface area contributed by atoms with Gasteiger partial charge in [0.15, 0.2) is 0 Å². The Kier molecular flexibility index (Phi) is 5.90. The molecule has 0 N–H and O–H groups in total. The van der Waals surface area contributed by atoms with Crippen LogP contribution in [0.3, 0.4) is 0 Å². The molecule has 0 atom stereocenters. The number of hydrogen-bond acceptors (Lipinski definition) is 5. The number of halogens is 1. The van der Waals surface area contributed by atoms with E-state index < -0.39 is 4.92 Å². The number of nitro groups is 1. The summed E-state index contributed by atoms with van der Waals surface area (Å²) in [5.41, 5.74) is 4.18. The van der Waals surface area contributed by atoms with Crippen LogP contribution in [0.25, 0.3) is 11.8 Å². The second-order valence-corrected chi connectivity index (χ2v) is 8.76. The molecule has 9 heteroatoms. The Morgan fingerprint density at radius 3 is 2.34 bits per heavy atom. The fourth-order valence-corrected chi connectivity index (χ4v) is 4.56. The van der Waals surface area contributed by atoms with Gasteiger partial charge in [-0.05, 0) is 73.1 Å². The molecular formula is C23H18ClN3O4S. The molecule has 1 aliphatic rings. The Balaban J connectivity index is 1.61. The van der Waals surface area contributed by atoms with Gasteiger partial charge in [-0.3, -0.25) is 24.6 Å². The fraction of sp³-hybridized carbons (Fsp3) is 0.130. The third-order valence-electron chi connectivity index (χ3n) is 5.20. The van der Waals surface area contributed by atoms with Crippen LogP contribution >= 0.6 is 23.4 Å². The third kappa shape index (κ3) is 4.19. The number of carbonyl (C=O) groups excluding carboxylic acids is 2. The average molecular weight is 468 g/mol. The summed E-state index contributed by atoms with van der Waals surface area (Å²) in [6.45, 7) is 4.00. The highest BCUT2D eigenvalue weighted by molar-refractivity contribution is 8.18. The number of hydrogen-bond donors (Lipinski definition) is 0. The SMILES string of the molecule is Cc1cc(/C=C2/SC(=O)N(Cc3ccc(Cl)cc3)C2=O)c(C)n1-c1ccc([N+](=O)[O-])cc1. The Bertz CT molecular complexity index is 1260. The largest absolute Gasteiger partial charge is 0.318 e. The van der Waals surface area contributed by atoms with Gasteiger partial charge >= 0.3 is 0 Å². The number of benzene rings is 2. The number of imide groups is 1. The van der Waals surface area contributed by atoms with Crippen LogP contribution in [0.5, 0.6) is 0 Å². The second-order valence-electron chi connectivity index (χ2n) is 7.33. The quantitative estimate of drug-likeness (QED) is 0.265. The maximum absolute atomic E-state index is 12.9. The molecule has 3 aromatic rings. The van der Waals surface area contributed by atoms with E-state index >= 15 is 0 Å². The predicted molar refractivity (Wildman–Crippen MR) is 125 cm³/mol. The molecule has 0 saturated carbocycles. The molecular weight excluding hydrogens is 450 g/mol. The number of aryl methyl sites for hydroxylation is 1. The molecule has 2 aromatic carbocycles. The lowest BCUT2D eigenvalue weighted by atomic mass is 10.2. The van der Waals surface area contributed by atoms with Gasteiger partial charge in [0.05, 0.1) is 16.4 Å². The molecule has 0 radical (unpaired) electrons. The molecule has 4 rings (SSSR count). The Labute approximate surface area is 193 Å². The fourth-order valence-electron chi connectivity index (χ4n) is 3.60. The van der Waals surface area contributed by atoms with Crippen LogP contribution in [0.1, 0.15) is 22.5 Å². The number of thioether (sulfide) groups is 1. The summed E-state index contributed by atoms with van der Waals surface area (Å²) >= 11 is 6.81. The van der Waals surface area contributed by atoms with Crippen molar-refractivity contribution in [1.29, 1.82) is 0 Å². The highest BCUT2D eigenvalue weighted by atomic mass is 35.5. The van der Waals surface area contributed by atoms with Crippen molar-refractivity contribution < 1.29 is 14.5 Å². The van der Waals surface area contributed by atoms with Crippen LogP contribution < -0.4 is 0 Å². The number of rotatable bonds is 5. The molecule has 0 bridgehead atoms. The van der Waals surface area contributed by atoms with Gasteiger partial charge in [0.2, 0.25) is 0 Å². The minimum absolute atomic E-state index is 0.0193. The van der Waals surface area contributed by atoms with Crippen molar-refractivity contribution in [2.75, 3.05) is 0 Å². The topological polar surface area (TPSA) is 85.5 Å². The first-order valence-electron chi connectivity index (χ1n) is 9.68. The summed E-state index contributed by atoms with van der Waals surface area (Å²) in [6, 6.07) is 15.2. The molecule has 0 aliphatic carbocycles. The number of aromatic nitrogens is 1. The van der Waals surface area contributed by atoms with E-state index in [9.17, 15) is 19.7 Å². The molecule has 32 heavy (non-hydrogen) atoms. The summed E-state index contributed by atoms with van der Waals surface area (Å²) in [7, 11) is 0. The van der Waals surface area contributed by atoms with Crippen molar-refractivity contribution in [3.8, 4) is 5.69 Å². The number of non-ortho nitro benzene ring substituents is 1. The molecule has 1 aliphatic heterocycles. The standard InChI is InChI=1S/C23H18ClN3O4S/c1-14-11-17(15(2)26(14)19-7-9-20(10-8-19)27(30)31)12-21-22(28)25(23(29)32-21)13-16-3-5-18(24)6-4-16/h3-12H,13H2,1-2H3/b21-12+. The molecule has 7 nitrogen and oxygen atoms in total. The second kappa shape index (κ2) is 8.64. The lowest BCUT2D eigenvalue weighted by molar-refractivity contribution is -0.384. The van der Waals surface area contributed by atoms with E-state index in [0.717, 1.165) is 40.0 Å². The summed E-state index contributed by atoms with van der Waals surface area (Å²) in [4.78, 5) is 37.4. The molecule has 162 valence electrons. The highest BCUT2D eigenvalue weighted by Crippen LogP contribution is 2.35. The lowest BCUT2D eigenvalue weighted by Gasteiger charge is -2.12. The average Bonchev–Trinajstić information content (AvgIpc) is 3.19. The number of nitrogens with zero attached hydrogens (tertiary/aromatic N) is 3. The van der Waals surface area contributed by atoms with Crippen molar-refractivity contribution in [2.45, 2.75) is 20.4 Å². The minimum Gasteiger partial charge on any atom is -0.318 e. The number of carbonyl (C=O) groups is 2. The molecule has 2 heterocycles. The summed E-state index contributed by atoms with van der Waals surface area (Å²) < 4.78 is 1.95. The molecule has 1 aromatic heterocycles.